The molecule has 2 aliphatic rings. The normalized spacial score (nSPS) is 22.3. The monoisotopic (exact) mass is 354 g/mol. The van der Waals surface area contributed by atoms with Crippen molar-refractivity contribution in [3.8, 4) is 11.5 Å². The molecule has 2 aliphatic heterocycles. The molecule has 0 radical (unpaired) electrons. The highest BCUT2D eigenvalue weighted by Crippen LogP contribution is 2.35. The summed E-state index contributed by atoms with van der Waals surface area (Å²) in [5.74, 6) is 1.65. The summed E-state index contributed by atoms with van der Waals surface area (Å²) < 4.78 is 40.4. The summed E-state index contributed by atoms with van der Waals surface area (Å²) in [7, 11) is -1.77. The van der Waals surface area contributed by atoms with Crippen LogP contribution >= 0.6 is 0 Å². The summed E-state index contributed by atoms with van der Waals surface area (Å²) >= 11 is 0. The zero-order valence-electron chi connectivity index (χ0n) is 14.2. The third kappa shape index (κ3) is 4.02. The van der Waals surface area contributed by atoms with Crippen LogP contribution in [0.25, 0.3) is 0 Å². The largest absolute Gasteiger partial charge is 0.493 e. The molecule has 7 heteroatoms. The van der Waals surface area contributed by atoms with E-state index in [4.69, 9.17) is 9.47 Å². The van der Waals surface area contributed by atoms with E-state index in [9.17, 15) is 8.42 Å². The Kier molecular flexibility index (Phi) is 5.63. The van der Waals surface area contributed by atoms with Gasteiger partial charge in [0.2, 0.25) is 0 Å². The number of rotatable bonds is 5. The van der Waals surface area contributed by atoms with Crippen LogP contribution in [0.4, 0.5) is 0 Å². The molecule has 1 N–H and O–H groups in total. The molecular weight excluding hydrogens is 328 g/mol. The van der Waals surface area contributed by atoms with Crippen LogP contribution in [0.1, 0.15) is 31.2 Å². The first-order valence-electron chi connectivity index (χ1n) is 8.63. The molecule has 2 heterocycles. The summed E-state index contributed by atoms with van der Waals surface area (Å²) in [6, 6.07) is 5.82. The van der Waals surface area contributed by atoms with Crippen molar-refractivity contribution in [2.75, 3.05) is 33.4 Å². The average molecular weight is 354 g/mol. The molecule has 3 rings (SSSR count). The van der Waals surface area contributed by atoms with Gasteiger partial charge in [-0.25, -0.2) is 4.72 Å². The van der Waals surface area contributed by atoms with Crippen molar-refractivity contribution in [2.24, 2.45) is 5.92 Å². The summed E-state index contributed by atoms with van der Waals surface area (Å²) in [5.41, 5.74) is 1.07. The minimum absolute atomic E-state index is 0.131. The maximum Gasteiger partial charge on any atom is 0.279 e. The van der Waals surface area contributed by atoms with Gasteiger partial charge in [0, 0.05) is 25.6 Å². The molecule has 134 valence electrons. The van der Waals surface area contributed by atoms with Crippen LogP contribution in [0.3, 0.4) is 0 Å². The van der Waals surface area contributed by atoms with E-state index in [0.717, 1.165) is 49.2 Å². The molecular formula is C17H26N2O4S. The Morgan fingerprint density at radius 1 is 1.25 bits per heavy atom. The average Bonchev–Trinajstić information content (AvgIpc) is 2.89. The number of hydrogen-bond donors (Lipinski definition) is 1. The van der Waals surface area contributed by atoms with Crippen molar-refractivity contribution in [2.45, 2.75) is 32.1 Å². The first-order valence-corrected chi connectivity index (χ1v) is 10.1. The molecule has 0 aromatic heterocycles. The van der Waals surface area contributed by atoms with Crippen molar-refractivity contribution in [1.29, 1.82) is 0 Å². The molecule has 0 bridgehead atoms. The highest BCUT2D eigenvalue weighted by molar-refractivity contribution is 7.87. The lowest BCUT2D eigenvalue weighted by molar-refractivity contribution is 0.212. The smallest absolute Gasteiger partial charge is 0.279 e. The van der Waals surface area contributed by atoms with Gasteiger partial charge < -0.3 is 9.47 Å². The van der Waals surface area contributed by atoms with Crippen LogP contribution in [-0.4, -0.2) is 46.1 Å². The summed E-state index contributed by atoms with van der Waals surface area (Å²) in [4.78, 5) is 0. The summed E-state index contributed by atoms with van der Waals surface area (Å²) in [6.07, 6.45) is 4.90. The Bertz CT molecular complexity index is 655. The van der Waals surface area contributed by atoms with E-state index in [1.807, 2.05) is 18.2 Å². The number of hydrogen-bond acceptors (Lipinski definition) is 4. The van der Waals surface area contributed by atoms with Gasteiger partial charge in [-0.05, 0) is 30.9 Å². The Labute approximate surface area is 144 Å². The SMILES string of the molecule is COc1cccc2c1OC[C@H](CNS(=O)(=O)N1CCCCCC1)C2. The van der Waals surface area contributed by atoms with Gasteiger partial charge in [-0.2, -0.15) is 12.7 Å². The van der Waals surface area contributed by atoms with Gasteiger partial charge in [-0.1, -0.05) is 25.0 Å². The van der Waals surface area contributed by atoms with Crippen molar-refractivity contribution in [1.82, 2.24) is 9.03 Å². The standard InChI is InChI=1S/C17H26N2O4S/c1-22-16-8-6-7-15-11-14(13-23-17(15)16)12-18-24(20,21)19-9-4-2-3-5-10-19/h6-8,14,18H,2-5,9-13H2,1H3/t14-/m0/s1. The molecule has 24 heavy (non-hydrogen) atoms. The van der Waals surface area contributed by atoms with Crippen LogP contribution in [0.2, 0.25) is 0 Å². The zero-order chi connectivity index (χ0) is 17.0. The lowest BCUT2D eigenvalue weighted by Gasteiger charge is -2.27. The van der Waals surface area contributed by atoms with Crippen molar-refractivity contribution >= 4 is 10.2 Å². The fourth-order valence-electron chi connectivity index (χ4n) is 3.35. The Morgan fingerprint density at radius 2 is 2.00 bits per heavy atom. The molecule has 1 atom stereocenters. The van der Waals surface area contributed by atoms with Crippen molar-refractivity contribution in [3.63, 3.8) is 0 Å². The van der Waals surface area contributed by atoms with Gasteiger partial charge in [0.05, 0.1) is 13.7 Å². The van der Waals surface area contributed by atoms with Gasteiger partial charge in [0.25, 0.3) is 10.2 Å². The third-order valence-electron chi connectivity index (χ3n) is 4.71. The first-order chi connectivity index (χ1) is 11.6. The van der Waals surface area contributed by atoms with Crippen molar-refractivity contribution < 1.29 is 17.9 Å². The molecule has 1 fully saturated rings. The number of nitrogens with zero attached hydrogens (tertiary/aromatic N) is 1. The topological polar surface area (TPSA) is 67.9 Å². The van der Waals surface area contributed by atoms with Gasteiger partial charge in [0.15, 0.2) is 11.5 Å². The van der Waals surface area contributed by atoms with Crippen LogP contribution < -0.4 is 14.2 Å². The predicted molar refractivity (Wildman–Crippen MR) is 92.6 cm³/mol. The molecule has 1 aromatic carbocycles. The van der Waals surface area contributed by atoms with E-state index in [0.29, 0.717) is 26.2 Å². The zero-order valence-corrected chi connectivity index (χ0v) is 15.0. The molecule has 0 aliphatic carbocycles. The van der Waals surface area contributed by atoms with E-state index >= 15 is 0 Å². The maximum absolute atomic E-state index is 12.5. The Morgan fingerprint density at radius 3 is 2.71 bits per heavy atom. The van der Waals surface area contributed by atoms with E-state index in [-0.39, 0.29) is 5.92 Å². The molecule has 0 unspecified atom stereocenters. The van der Waals surface area contributed by atoms with Gasteiger partial charge in [0.1, 0.15) is 0 Å². The second-order valence-electron chi connectivity index (χ2n) is 6.50. The van der Waals surface area contributed by atoms with Crippen LogP contribution in [0.5, 0.6) is 11.5 Å². The van der Waals surface area contributed by atoms with Crippen LogP contribution in [0, 0.1) is 5.92 Å². The third-order valence-corrected chi connectivity index (χ3v) is 6.29. The minimum atomic E-state index is -3.39. The van der Waals surface area contributed by atoms with E-state index in [2.05, 4.69) is 4.72 Å². The van der Waals surface area contributed by atoms with E-state index < -0.39 is 10.2 Å². The van der Waals surface area contributed by atoms with Gasteiger partial charge >= 0.3 is 0 Å². The summed E-state index contributed by atoms with van der Waals surface area (Å²) in [6.45, 7) is 2.14. The minimum Gasteiger partial charge on any atom is -0.493 e. The summed E-state index contributed by atoms with van der Waals surface area (Å²) in [5, 5.41) is 0. The Balaban J connectivity index is 1.59. The van der Waals surface area contributed by atoms with Crippen LogP contribution in [0.15, 0.2) is 18.2 Å². The molecule has 1 aromatic rings. The number of nitrogens with one attached hydrogen (secondary N) is 1. The molecule has 1 saturated heterocycles. The maximum atomic E-state index is 12.5. The number of fused-ring (bicyclic) bond motifs is 1. The fraction of sp³-hybridized carbons (Fsp3) is 0.647. The van der Waals surface area contributed by atoms with E-state index in [1.165, 1.54) is 0 Å². The highest BCUT2D eigenvalue weighted by Gasteiger charge is 2.27. The van der Waals surface area contributed by atoms with Crippen LogP contribution in [-0.2, 0) is 16.6 Å². The Hall–Kier alpha value is -1.31. The molecule has 6 nitrogen and oxygen atoms in total. The van der Waals surface area contributed by atoms with E-state index in [1.54, 1.807) is 11.4 Å². The number of methoxy groups -OCH3 is 1. The number of para-hydroxylation sites is 1. The quantitative estimate of drug-likeness (QED) is 0.878. The lowest BCUT2D eigenvalue weighted by Crippen LogP contribution is -2.44. The first kappa shape index (κ1) is 17.5. The highest BCUT2D eigenvalue weighted by atomic mass is 32.2. The molecule has 0 spiro atoms. The van der Waals surface area contributed by atoms with Crippen molar-refractivity contribution in [3.05, 3.63) is 23.8 Å². The second-order valence-corrected chi connectivity index (χ2v) is 8.25. The predicted octanol–water partition coefficient (Wildman–Crippen LogP) is 1.96. The fourth-order valence-corrected chi connectivity index (χ4v) is 4.71. The lowest BCUT2D eigenvalue weighted by atomic mass is 9.96. The molecule has 0 saturated carbocycles. The van der Waals surface area contributed by atoms with Gasteiger partial charge in [-0.3, -0.25) is 0 Å². The number of ether oxygens (including phenoxy) is 2. The second kappa shape index (κ2) is 7.72. The van der Waals surface area contributed by atoms with Gasteiger partial charge in [-0.15, -0.1) is 0 Å². The molecule has 0 amide bonds. The number of benzene rings is 1.